The van der Waals surface area contributed by atoms with Crippen molar-refractivity contribution < 1.29 is 9.53 Å². The fourth-order valence-electron chi connectivity index (χ4n) is 5.14. The molecule has 6 nitrogen and oxygen atoms in total. The van der Waals surface area contributed by atoms with Crippen molar-refractivity contribution in [1.29, 1.82) is 0 Å². The van der Waals surface area contributed by atoms with Crippen LogP contribution in [0.4, 0.5) is 0 Å². The SMILES string of the molecule is CCn1c2ccccc2c2cc(-c3nc4cc(C(=O)NCCOC)ccc4n3CC3CC3)ccc21. The minimum Gasteiger partial charge on any atom is -0.383 e. The van der Waals surface area contributed by atoms with Crippen LogP contribution in [0.2, 0.25) is 0 Å². The molecule has 0 spiro atoms. The standard InChI is InChI=1S/C29H30N4O2/c1-3-32-25-7-5-4-6-22(25)23-16-20(10-12-26(23)32)28-31-24-17-21(29(34)30-14-15-35-2)11-13-27(24)33(28)18-19-8-9-19/h4-7,10-13,16-17,19H,3,8-9,14-15,18H2,1-2H3,(H,30,34). The summed E-state index contributed by atoms with van der Waals surface area (Å²) in [6.45, 7) is 5.06. The lowest BCUT2D eigenvalue weighted by Gasteiger charge is -2.10. The van der Waals surface area contributed by atoms with Gasteiger partial charge in [0.25, 0.3) is 5.91 Å². The van der Waals surface area contributed by atoms with Crippen molar-refractivity contribution in [2.75, 3.05) is 20.3 Å². The number of imidazole rings is 1. The van der Waals surface area contributed by atoms with Crippen molar-refractivity contribution >= 4 is 38.7 Å². The summed E-state index contributed by atoms with van der Waals surface area (Å²) >= 11 is 0. The molecule has 3 aromatic carbocycles. The van der Waals surface area contributed by atoms with Crippen molar-refractivity contribution in [3.05, 3.63) is 66.2 Å². The van der Waals surface area contributed by atoms with E-state index in [-0.39, 0.29) is 5.91 Å². The van der Waals surface area contributed by atoms with Crippen molar-refractivity contribution in [3.63, 3.8) is 0 Å². The van der Waals surface area contributed by atoms with Crippen LogP contribution in [0.3, 0.4) is 0 Å². The number of methoxy groups -OCH3 is 1. The number of amides is 1. The Labute approximate surface area is 204 Å². The monoisotopic (exact) mass is 466 g/mol. The smallest absolute Gasteiger partial charge is 0.251 e. The number of ether oxygens (including phenoxy) is 1. The number of rotatable bonds is 8. The van der Waals surface area contributed by atoms with Crippen LogP contribution < -0.4 is 5.32 Å². The molecule has 1 aliphatic carbocycles. The summed E-state index contributed by atoms with van der Waals surface area (Å²) < 4.78 is 9.76. The molecule has 0 radical (unpaired) electrons. The lowest BCUT2D eigenvalue weighted by molar-refractivity contribution is 0.0937. The molecule has 178 valence electrons. The van der Waals surface area contributed by atoms with Gasteiger partial charge in [-0.15, -0.1) is 0 Å². The summed E-state index contributed by atoms with van der Waals surface area (Å²) in [6, 6.07) is 21.2. The van der Waals surface area contributed by atoms with Gasteiger partial charge in [0, 0.05) is 59.7 Å². The number of fused-ring (bicyclic) bond motifs is 4. The predicted octanol–water partition coefficient (Wildman–Crippen LogP) is 5.62. The first-order valence-corrected chi connectivity index (χ1v) is 12.5. The fraction of sp³-hybridized carbons (Fsp3) is 0.310. The number of benzene rings is 3. The number of hydrogen-bond acceptors (Lipinski definition) is 3. The molecule has 0 bridgehead atoms. The van der Waals surface area contributed by atoms with E-state index in [1.807, 2.05) is 18.2 Å². The van der Waals surface area contributed by atoms with E-state index in [1.54, 1.807) is 7.11 Å². The number of aromatic nitrogens is 3. The van der Waals surface area contributed by atoms with Crippen LogP contribution in [0.1, 0.15) is 30.1 Å². The first-order chi connectivity index (χ1) is 17.2. The van der Waals surface area contributed by atoms with E-state index in [0.29, 0.717) is 24.6 Å². The molecule has 1 N–H and O–H groups in total. The highest BCUT2D eigenvalue weighted by Gasteiger charge is 2.25. The summed E-state index contributed by atoms with van der Waals surface area (Å²) in [7, 11) is 1.63. The summed E-state index contributed by atoms with van der Waals surface area (Å²) in [5.74, 6) is 1.57. The van der Waals surface area contributed by atoms with Gasteiger partial charge in [0.15, 0.2) is 0 Å². The molecule has 0 aliphatic heterocycles. The largest absolute Gasteiger partial charge is 0.383 e. The molecular formula is C29H30N4O2. The zero-order valence-electron chi connectivity index (χ0n) is 20.3. The van der Waals surface area contributed by atoms with Crippen LogP contribution in [-0.4, -0.2) is 40.3 Å². The van der Waals surface area contributed by atoms with Crippen LogP contribution in [0.25, 0.3) is 44.2 Å². The Bertz CT molecular complexity index is 1560. The molecule has 2 heterocycles. The lowest BCUT2D eigenvalue weighted by Crippen LogP contribution is -2.26. The van der Waals surface area contributed by atoms with Gasteiger partial charge in [-0.05, 0) is 68.1 Å². The second-order valence-electron chi connectivity index (χ2n) is 9.43. The molecule has 35 heavy (non-hydrogen) atoms. The molecule has 5 aromatic rings. The third kappa shape index (κ3) is 3.88. The maximum atomic E-state index is 12.6. The Morgan fingerprint density at radius 1 is 1.00 bits per heavy atom. The molecule has 1 aliphatic rings. The van der Waals surface area contributed by atoms with Gasteiger partial charge < -0.3 is 19.2 Å². The zero-order valence-corrected chi connectivity index (χ0v) is 20.3. The molecule has 1 amide bonds. The predicted molar refractivity (Wildman–Crippen MR) is 141 cm³/mol. The van der Waals surface area contributed by atoms with E-state index in [4.69, 9.17) is 9.72 Å². The topological polar surface area (TPSA) is 61.1 Å². The van der Waals surface area contributed by atoms with Gasteiger partial charge in [0.2, 0.25) is 0 Å². The van der Waals surface area contributed by atoms with Crippen molar-refractivity contribution in [2.24, 2.45) is 5.92 Å². The molecule has 1 fully saturated rings. The number of aryl methyl sites for hydroxylation is 1. The third-order valence-electron chi connectivity index (χ3n) is 7.09. The van der Waals surface area contributed by atoms with Gasteiger partial charge in [0.1, 0.15) is 5.82 Å². The van der Waals surface area contributed by atoms with Gasteiger partial charge in [-0.2, -0.15) is 0 Å². The molecule has 0 unspecified atom stereocenters. The molecule has 0 atom stereocenters. The molecule has 0 saturated heterocycles. The van der Waals surface area contributed by atoms with Crippen LogP contribution in [-0.2, 0) is 17.8 Å². The van der Waals surface area contributed by atoms with Gasteiger partial charge >= 0.3 is 0 Å². The van der Waals surface area contributed by atoms with Crippen LogP contribution in [0, 0.1) is 5.92 Å². The van der Waals surface area contributed by atoms with Crippen LogP contribution in [0.15, 0.2) is 60.7 Å². The average Bonchev–Trinajstić information content (AvgIpc) is 3.56. The van der Waals surface area contributed by atoms with Crippen LogP contribution in [0.5, 0.6) is 0 Å². The zero-order chi connectivity index (χ0) is 23.9. The Morgan fingerprint density at radius 3 is 2.60 bits per heavy atom. The Kier molecular flexibility index (Phi) is 5.53. The average molecular weight is 467 g/mol. The van der Waals surface area contributed by atoms with Crippen molar-refractivity contribution in [2.45, 2.75) is 32.9 Å². The number of hydrogen-bond donors (Lipinski definition) is 1. The van der Waals surface area contributed by atoms with E-state index >= 15 is 0 Å². The van der Waals surface area contributed by atoms with Crippen molar-refractivity contribution in [1.82, 2.24) is 19.4 Å². The first-order valence-electron chi connectivity index (χ1n) is 12.5. The second kappa shape index (κ2) is 8.86. The maximum Gasteiger partial charge on any atom is 0.251 e. The van der Waals surface area contributed by atoms with E-state index < -0.39 is 0 Å². The highest BCUT2D eigenvalue weighted by molar-refractivity contribution is 6.09. The fourth-order valence-corrected chi connectivity index (χ4v) is 5.14. The van der Waals surface area contributed by atoms with E-state index in [9.17, 15) is 4.79 Å². The second-order valence-corrected chi connectivity index (χ2v) is 9.43. The molecular weight excluding hydrogens is 436 g/mol. The summed E-state index contributed by atoms with van der Waals surface area (Å²) in [6.07, 6.45) is 2.53. The van der Waals surface area contributed by atoms with E-state index in [0.717, 1.165) is 35.5 Å². The molecule has 6 heteroatoms. The van der Waals surface area contributed by atoms with Gasteiger partial charge in [-0.1, -0.05) is 18.2 Å². The maximum absolute atomic E-state index is 12.6. The van der Waals surface area contributed by atoms with Crippen molar-refractivity contribution in [3.8, 4) is 11.4 Å². The Morgan fingerprint density at radius 2 is 1.80 bits per heavy atom. The lowest BCUT2D eigenvalue weighted by atomic mass is 10.1. The van der Waals surface area contributed by atoms with Gasteiger partial charge in [-0.25, -0.2) is 4.98 Å². The first kappa shape index (κ1) is 21.9. The molecule has 1 saturated carbocycles. The summed E-state index contributed by atoms with van der Waals surface area (Å²) in [5.41, 5.74) is 6.18. The Balaban J connectivity index is 1.47. The number of carbonyl (C=O) groups excluding carboxylic acids is 1. The van der Waals surface area contributed by atoms with E-state index in [2.05, 4.69) is 63.8 Å². The summed E-state index contributed by atoms with van der Waals surface area (Å²) in [5, 5.41) is 5.43. The third-order valence-corrected chi connectivity index (χ3v) is 7.09. The highest BCUT2D eigenvalue weighted by Crippen LogP contribution is 2.37. The number of para-hydroxylation sites is 1. The van der Waals surface area contributed by atoms with E-state index in [1.165, 1.54) is 34.6 Å². The molecule has 2 aromatic heterocycles. The minimum atomic E-state index is -0.101. The van der Waals surface area contributed by atoms with Gasteiger partial charge in [0.05, 0.1) is 17.6 Å². The minimum absolute atomic E-state index is 0.101. The molecule has 6 rings (SSSR count). The summed E-state index contributed by atoms with van der Waals surface area (Å²) in [4.78, 5) is 17.7. The Hall–Kier alpha value is -3.64. The number of nitrogens with zero attached hydrogens (tertiary/aromatic N) is 3. The number of nitrogens with one attached hydrogen (secondary N) is 1. The van der Waals surface area contributed by atoms with Crippen LogP contribution >= 0.6 is 0 Å². The normalized spacial score (nSPS) is 13.8. The quantitative estimate of drug-likeness (QED) is 0.302. The van der Waals surface area contributed by atoms with Gasteiger partial charge in [-0.3, -0.25) is 4.79 Å². The highest BCUT2D eigenvalue weighted by atomic mass is 16.5. The number of carbonyl (C=O) groups is 1.